The summed E-state index contributed by atoms with van der Waals surface area (Å²) >= 11 is 0. The molecule has 0 amide bonds. The van der Waals surface area contributed by atoms with Gasteiger partial charge in [-0.05, 0) is 30.5 Å². The van der Waals surface area contributed by atoms with E-state index in [0.717, 1.165) is 30.9 Å². The highest BCUT2D eigenvalue weighted by Crippen LogP contribution is 2.31. The summed E-state index contributed by atoms with van der Waals surface area (Å²) in [5.41, 5.74) is 1.87. The molecule has 86 valence electrons. The summed E-state index contributed by atoms with van der Waals surface area (Å²) in [5.74, 6) is 1.02. The highest BCUT2D eigenvalue weighted by atomic mass is 16.3. The maximum absolute atomic E-state index is 11.9. The van der Waals surface area contributed by atoms with Crippen LogP contribution in [-0.2, 0) is 13.2 Å². The Morgan fingerprint density at radius 1 is 1.44 bits per heavy atom. The molecule has 0 aliphatic carbocycles. The molecule has 1 aromatic heterocycles. The molecule has 1 saturated heterocycles. The lowest BCUT2D eigenvalue weighted by Crippen LogP contribution is -2.44. The number of piperidine rings is 1. The molecule has 3 heterocycles. The Hall–Kier alpha value is -1.13. The number of fused-ring (bicyclic) bond motifs is 4. The van der Waals surface area contributed by atoms with E-state index in [9.17, 15) is 4.79 Å². The zero-order valence-electron chi connectivity index (χ0n) is 9.15. The Morgan fingerprint density at radius 2 is 2.31 bits per heavy atom. The van der Waals surface area contributed by atoms with E-state index in [1.807, 2.05) is 10.6 Å². The third-order valence-electron chi connectivity index (χ3n) is 3.70. The minimum absolute atomic E-state index is 0.0400. The van der Waals surface area contributed by atoms with Gasteiger partial charge in [-0.2, -0.15) is 0 Å². The predicted octanol–water partition coefficient (Wildman–Crippen LogP) is 0.0473. The molecule has 0 radical (unpaired) electrons. The Morgan fingerprint density at radius 3 is 3.12 bits per heavy atom. The first-order valence-electron chi connectivity index (χ1n) is 5.83. The van der Waals surface area contributed by atoms with E-state index in [0.29, 0.717) is 11.8 Å². The summed E-state index contributed by atoms with van der Waals surface area (Å²) in [7, 11) is 0. The second kappa shape index (κ2) is 3.71. The van der Waals surface area contributed by atoms with Gasteiger partial charge in [0.25, 0.3) is 5.56 Å². The van der Waals surface area contributed by atoms with Crippen LogP contribution in [0, 0.1) is 5.92 Å². The van der Waals surface area contributed by atoms with Crippen LogP contribution in [0.4, 0.5) is 0 Å². The summed E-state index contributed by atoms with van der Waals surface area (Å²) in [6, 6.07) is 3.53. The van der Waals surface area contributed by atoms with Gasteiger partial charge in [0.15, 0.2) is 0 Å². The molecule has 2 aliphatic heterocycles. The number of rotatable bonds is 1. The molecule has 2 aliphatic rings. The molecule has 1 fully saturated rings. The number of hydrogen-bond acceptors (Lipinski definition) is 3. The van der Waals surface area contributed by atoms with E-state index in [4.69, 9.17) is 5.11 Å². The molecule has 2 N–H and O–H groups in total. The van der Waals surface area contributed by atoms with Gasteiger partial charge in [-0.3, -0.25) is 4.79 Å². The first-order valence-corrected chi connectivity index (χ1v) is 5.83. The quantitative estimate of drug-likeness (QED) is 0.703. The van der Waals surface area contributed by atoms with E-state index in [-0.39, 0.29) is 12.2 Å². The zero-order valence-corrected chi connectivity index (χ0v) is 9.15. The minimum Gasteiger partial charge on any atom is -0.392 e. The molecule has 4 nitrogen and oxygen atoms in total. The Labute approximate surface area is 93.9 Å². The van der Waals surface area contributed by atoms with Crippen molar-refractivity contribution >= 4 is 0 Å². The van der Waals surface area contributed by atoms with Crippen LogP contribution in [0.15, 0.2) is 16.9 Å². The van der Waals surface area contributed by atoms with Crippen LogP contribution in [0.5, 0.6) is 0 Å². The Balaban J connectivity index is 2.13. The van der Waals surface area contributed by atoms with Gasteiger partial charge in [0, 0.05) is 30.8 Å². The number of aliphatic hydroxyl groups excluding tert-OH is 1. The highest BCUT2D eigenvalue weighted by molar-refractivity contribution is 5.23. The van der Waals surface area contributed by atoms with Crippen LogP contribution >= 0.6 is 0 Å². The summed E-state index contributed by atoms with van der Waals surface area (Å²) < 4.78 is 1.89. The van der Waals surface area contributed by atoms with Gasteiger partial charge >= 0.3 is 0 Å². The fourth-order valence-electron chi connectivity index (χ4n) is 2.95. The topological polar surface area (TPSA) is 54.3 Å². The Bertz CT molecular complexity index is 467. The van der Waals surface area contributed by atoms with Gasteiger partial charge in [0.2, 0.25) is 0 Å². The third kappa shape index (κ3) is 1.49. The van der Waals surface area contributed by atoms with Crippen LogP contribution < -0.4 is 10.9 Å². The van der Waals surface area contributed by atoms with Gasteiger partial charge in [-0.25, -0.2) is 0 Å². The molecule has 0 aromatic carbocycles. The number of nitrogens with zero attached hydrogens (tertiary/aromatic N) is 1. The number of pyridine rings is 1. The number of hydrogen-bond donors (Lipinski definition) is 2. The van der Waals surface area contributed by atoms with Crippen molar-refractivity contribution < 1.29 is 5.11 Å². The maximum atomic E-state index is 11.9. The lowest BCUT2D eigenvalue weighted by molar-refractivity contribution is 0.253. The van der Waals surface area contributed by atoms with Crippen LogP contribution in [0.3, 0.4) is 0 Å². The molecular weight excluding hydrogens is 204 g/mol. The van der Waals surface area contributed by atoms with E-state index in [2.05, 4.69) is 5.32 Å². The van der Waals surface area contributed by atoms with Crippen LogP contribution in [0.2, 0.25) is 0 Å². The number of nitrogens with one attached hydrogen (secondary N) is 1. The molecule has 1 unspecified atom stereocenters. The maximum Gasteiger partial charge on any atom is 0.251 e. The lowest BCUT2D eigenvalue weighted by Gasteiger charge is -2.37. The summed E-state index contributed by atoms with van der Waals surface area (Å²) in [6.07, 6.45) is 1.17. The number of aromatic nitrogens is 1. The van der Waals surface area contributed by atoms with E-state index >= 15 is 0 Å². The lowest BCUT2D eigenvalue weighted by atomic mass is 9.84. The minimum atomic E-state index is -0.0490. The first kappa shape index (κ1) is 10.1. The van der Waals surface area contributed by atoms with Crippen molar-refractivity contribution in [2.24, 2.45) is 5.92 Å². The fraction of sp³-hybridized carbons (Fsp3) is 0.583. The van der Waals surface area contributed by atoms with Gasteiger partial charge in [-0.1, -0.05) is 0 Å². The zero-order chi connectivity index (χ0) is 11.1. The van der Waals surface area contributed by atoms with Crippen molar-refractivity contribution in [1.29, 1.82) is 0 Å². The van der Waals surface area contributed by atoms with E-state index in [1.165, 1.54) is 6.42 Å². The van der Waals surface area contributed by atoms with Gasteiger partial charge in [0.05, 0.1) is 6.61 Å². The second-order valence-electron chi connectivity index (χ2n) is 4.85. The molecule has 1 aromatic rings. The van der Waals surface area contributed by atoms with Crippen molar-refractivity contribution in [3.8, 4) is 0 Å². The third-order valence-corrected chi connectivity index (χ3v) is 3.70. The summed E-state index contributed by atoms with van der Waals surface area (Å²) in [5, 5.41) is 12.5. The van der Waals surface area contributed by atoms with Crippen molar-refractivity contribution in [3.63, 3.8) is 0 Å². The smallest absolute Gasteiger partial charge is 0.251 e. The molecular formula is C12H16N2O2. The van der Waals surface area contributed by atoms with Crippen molar-refractivity contribution in [2.75, 3.05) is 13.1 Å². The van der Waals surface area contributed by atoms with E-state index in [1.54, 1.807) is 6.07 Å². The molecule has 16 heavy (non-hydrogen) atoms. The van der Waals surface area contributed by atoms with Crippen molar-refractivity contribution in [1.82, 2.24) is 9.88 Å². The normalized spacial score (nSPS) is 27.6. The van der Waals surface area contributed by atoms with Gasteiger partial charge in [0.1, 0.15) is 0 Å². The monoisotopic (exact) mass is 220 g/mol. The largest absolute Gasteiger partial charge is 0.392 e. The standard InChI is InChI=1S/C12H16N2O2/c15-7-8-2-11-10-1-9(4-13-5-10)6-14(11)12(16)3-8/h2-3,9-10,13,15H,1,4-7H2/t9?,10-/m0/s1. The van der Waals surface area contributed by atoms with Gasteiger partial charge in [-0.15, -0.1) is 0 Å². The van der Waals surface area contributed by atoms with Crippen LogP contribution in [0.1, 0.15) is 23.6 Å². The van der Waals surface area contributed by atoms with Crippen molar-refractivity contribution in [2.45, 2.75) is 25.5 Å². The molecule has 4 heteroatoms. The summed E-state index contributed by atoms with van der Waals surface area (Å²) in [4.78, 5) is 11.9. The molecule has 2 bridgehead atoms. The van der Waals surface area contributed by atoms with Crippen LogP contribution in [0.25, 0.3) is 0 Å². The fourth-order valence-corrected chi connectivity index (χ4v) is 2.95. The molecule has 0 saturated carbocycles. The number of aliphatic hydroxyl groups is 1. The Kier molecular flexibility index (Phi) is 2.33. The molecule has 0 spiro atoms. The predicted molar refractivity (Wildman–Crippen MR) is 60.3 cm³/mol. The SMILES string of the molecule is O=c1cc(CO)cc2n1CC1CNC[C@@H]2C1. The van der Waals surface area contributed by atoms with Gasteiger partial charge < -0.3 is 15.0 Å². The average molecular weight is 220 g/mol. The molecule has 2 atom stereocenters. The van der Waals surface area contributed by atoms with Crippen molar-refractivity contribution in [3.05, 3.63) is 33.7 Å². The first-order chi connectivity index (χ1) is 7.78. The second-order valence-corrected chi connectivity index (χ2v) is 4.85. The summed E-state index contributed by atoms with van der Waals surface area (Å²) in [6.45, 7) is 2.74. The highest BCUT2D eigenvalue weighted by Gasteiger charge is 2.30. The molecule has 3 rings (SSSR count). The average Bonchev–Trinajstić information content (AvgIpc) is 2.31. The van der Waals surface area contributed by atoms with Crippen LogP contribution in [-0.4, -0.2) is 22.8 Å². The van der Waals surface area contributed by atoms with E-state index < -0.39 is 0 Å².